The van der Waals surface area contributed by atoms with Crippen molar-refractivity contribution in [1.82, 2.24) is 10.6 Å². The smallest absolute Gasteiger partial charge is 0.263 e. The number of hydrogen-bond acceptors (Lipinski definition) is 5. The highest BCUT2D eigenvalue weighted by molar-refractivity contribution is 5.97. The Kier molecular flexibility index (Phi) is 5.44. The molecule has 2 atom stereocenters. The van der Waals surface area contributed by atoms with Gasteiger partial charge in [0, 0.05) is 18.8 Å². The molecular formula is C19H23N3O3. The summed E-state index contributed by atoms with van der Waals surface area (Å²) in [7, 11) is 0. The summed E-state index contributed by atoms with van der Waals surface area (Å²) in [5, 5.41) is 15.3. The van der Waals surface area contributed by atoms with Crippen LogP contribution in [0.4, 0.5) is 0 Å². The molecule has 2 N–H and O–H groups in total. The maximum atomic E-state index is 12.2. The van der Waals surface area contributed by atoms with Crippen molar-refractivity contribution in [3.63, 3.8) is 0 Å². The number of benzene rings is 1. The van der Waals surface area contributed by atoms with Gasteiger partial charge in [0.05, 0.1) is 0 Å². The number of amides is 1. The Morgan fingerprint density at radius 3 is 2.92 bits per heavy atom. The first-order valence-corrected chi connectivity index (χ1v) is 8.70. The van der Waals surface area contributed by atoms with Crippen LogP contribution < -0.4 is 20.1 Å². The summed E-state index contributed by atoms with van der Waals surface area (Å²) in [6.07, 6.45) is 6.26. The van der Waals surface area contributed by atoms with E-state index in [0.717, 1.165) is 12.0 Å². The normalized spacial score (nSPS) is 22.2. The standard InChI is InChI=1S/C19H23N3O3/c1-13-4-2-3-5-16(13)21-11-15(9-20)19(23)22-10-14-6-7-17-18(8-14)25-12-24-17/h6-8,11,13,16,21H,2-5,10,12H2,1H3,(H,22,23)/b15-11-. The number of carbonyl (C=O) groups is 1. The minimum Gasteiger partial charge on any atom is -0.454 e. The molecule has 1 heterocycles. The van der Waals surface area contributed by atoms with E-state index in [1.54, 1.807) is 6.20 Å². The van der Waals surface area contributed by atoms with Gasteiger partial charge in [-0.2, -0.15) is 5.26 Å². The molecular weight excluding hydrogens is 318 g/mol. The highest BCUT2D eigenvalue weighted by Gasteiger charge is 2.20. The molecule has 0 spiro atoms. The highest BCUT2D eigenvalue weighted by Crippen LogP contribution is 2.32. The van der Waals surface area contributed by atoms with Crippen LogP contribution in [0.15, 0.2) is 30.0 Å². The van der Waals surface area contributed by atoms with Crippen LogP contribution in [0.3, 0.4) is 0 Å². The summed E-state index contributed by atoms with van der Waals surface area (Å²) < 4.78 is 10.6. The summed E-state index contributed by atoms with van der Waals surface area (Å²) in [5.74, 6) is 1.56. The third-order valence-electron chi connectivity index (χ3n) is 4.81. The van der Waals surface area contributed by atoms with Crippen molar-refractivity contribution in [2.75, 3.05) is 6.79 Å². The summed E-state index contributed by atoms with van der Waals surface area (Å²) >= 11 is 0. The molecule has 0 saturated heterocycles. The minimum atomic E-state index is -0.379. The van der Waals surface area contributed by atoms with Crippen molar-refractivity contribution in [2.24, 2.45) is 5.92 Å². The fourth-order valence-corrected chi connectivity index (χ4v) is 3.23. The summed E-state index contributed by atoms with van der Waals surface area (Å²) in [6.45, 7) is 2.75. The Morgan fingerprint density at radius 2 is 2.12 bits per heavy atom. The third-order valence-corrected chi connectivity index (χ3v) is 4.81. The number of fused-ring (bicyclic) bond motifs is 1. The first kappa shape index (κ1) is 17.2. The molecule has 25 heavy (non-hydrogen) atoms. The summed E-state index contributed by atoms with van der Waals surface area (Å²) in [5.41, 5.74) is 0.988. The Hall–Kier alpha value is -2.68. The van der Waals surface area contributed by atoms with E-state index >= 15 is 0 Å². The molecule has 2 unspecified atom stereocenters. The molecule has 2 aliphatic rings. The zero-order chi connectivity index (χ0) is 17.6. The lowest BCUT2D eigenvalue weighted by Gasteiger charge is -2.29. The molecule has 1 amide bonds. The second-order valence-electron chi connectivity index (χ2n) is 6.58. The van der Waals surface area contributed by atoms with Gasteiger partial charge in [-0.1, -0.05) is 25.8 Å². The number of ether oxygens (including phenoxy) is 2. The average molecular weight is 341 g/mol. The van der Waals surface area contributed by atoms with E-state index in [1.165, 1.54) is 19.3 Å². The molecule has 3 rings (SSSR count). The molecule has 1 aliphatic heterocycles. The van der Waals surface area contributed by atoms with Gasteiger partial charge in [-0.05, 0) is 36.5 Å². The van der Waals surface area contributed by atoms with E-state index in [-0.39, 0.29) is 18.3 Å². The molecule has 1 saturated carbocycles. The van der Waals surface area contributed by atoms with Gasteiger partial charge in [0.25, 0.3) is 5.91 Å². The van der Waals surface area contributed by atoms with Crippen LogP contribution in [0.1, 0.15) is 38.2 Å². The van der Waals surface area contributed by atoms with E-state index in [2.05, 4.69) is 17.6 Å². The molecule has 132 valence electrons. The minimum absolute atomic E-state index is 0.0958. The number of rotatable bonds is 5. The maximum Gasteiger partial charge on any atom is 0.263 e. The van der Waals surface area contributed by atoms with Crippen molar-refractivity contribution < 1.29 is 14.3 Å². The predicted molar refractivity (Wildman–Crippen MR) is 92.7 cm³/mol. The quantitative estimate of drug-likeness (QED) is 0.635. The second kappa shape index (κ2) is 7.93. The zero-order valence-electron chi connectivity index (χ0n) is 14.4. The van der Waals surface area contributed by atoms with Crippen molar-refractivity contribution in [1.29, 1.82) is 5.26 Å². The summed E-state index contributed by atoms with van der Waals surface area (Å²) in [6, 6.07) is 7.82. The van der Waals surface area contributed by atoms with Crippen LogP contribution >= 0.6 is 0 Å². The maximum absolute atomic E-state index is 12.2. The van der Waals surface area contributed by atoms with E-state index in [1.807, 2.05) is 24.3 Å². The number of nitriles is 1. The lowest BCUT2D eigenvalue weighted by Crippen LogP contribution is -2.35. The van der Waals surface area contributed by atoms with E-state index in [9.17, 15) is 10.1 Å². The van der Waals surface area contributed by atoms with Gasteiger partial charge in [-0.3, -0.25) is 4.79 Å². The predicted octanol–water partition coefficient (Wildman–Crippen LogP) is 2.61. The van der Waals surface area contributed by atoms with Crippen LogP contribution in [0.2, 0.25) is 0 Å². The largest absolute Gasteiger partial charge is 0.454 e. The zero-order valence-corrected chi connectivity index (χ0v) is 14.4. The number of hydrogen-bond donors (Lipinski definition) is 2. The Morgan fingerprint density at radius 1 is 1.32 bits per heavy atom. The molecule has 0 radical (unpaired) electrons. The van der Waals surface area contributed by atoms with Gasteiger partial charge in [-0.15, -0.1) is 0 Å². The van der Waals surface area contributed by atoms with Crippen molar-refractivity contribution in [3.05, 3.63) is 35.5 Å². The fraction of sp³-hybridized carbons (Fsp3) is 0.474. The monoisotopic (exact) mass is 341 g/mol. The van der Waals surface area contributed by atoms with Crippen LogP contribution in [0.25, 0.3) is 0 Å². The number of nitrogens with zero attached hydrogens (tertiary/aromatic N) is 1. The average Bonchev–Trinajstić information content (AvgIpc) is 3.09. The van der Waals surface area contributed by atoms with E-state index < -0.39 is 0 Å². The van der Waals surface area contributed by atoms with Crippen molar-refractivity contribution in [3.8, 4) is 17.6 Å². The van der Waals surface area contributed by atoms with Crippen LogP contribution in [-0.2, 0) is 11.3 Å². The molecule has 0 bridgehead atoms. The number of nitrogens with one attached hydrogen (secondary N) is 2. The van der Waals surface area contributed by atoms with Crippen molar-refractivity contribution >= 4 is 5.91 Å². The SMILES string of the molecule is CC1CCCCC1N/C=C(/C#N)C(=O)NCc1ccc2c(c1)OCO2. The van der Waals surface area contributed by atoms with Gasteiger partial charge < -0.3 is 20.1 Å². The first-order valence-electron chi connectivity index (χ1n) is 8.70. The highest BCUT2D eigenvalue weighted by atomic mass is 16.7. The fourth-order valence-electron chi connectivity index (χ4n) is 3.23. The molecule has 0 aromatic heterocycles. The topological polar surface area (TPSA) is 83.4 Å². The van der Waals surface area contributed by atoms with E-state index in [0.29, 0.717) is 30.0 Å². The Balaban J connectivity index is 1.55. The second-order valence-corrected chi connectivity index (χ2v) is 6.58. The summed E-state index contributed by atoms with van der Waals surface area (Å²) in [4.78, 5) is 12.2. The van der Waals surface area contributed by atoms with Gasteiger partial charge in [0.1, 0.15) is 11.6 Å². The molecule has 6 heteroatoms. The lowest BCUT2D eigenvalue weighted by molar-refractivity contribution is -0.117. The lowest BCUT2D eigenvalue weighted by atomic mass is 9.86. The van der Waals surface area contributed by atoms with Gasteiger partial charge in [-0.25, -0.2) is 0 Å². The van der Waals surface area contributed by atoms with Gasteiger partial charge >= 0.3 is 0 Å². The van der Waals surface area contributed by atoms with Gasteiger partial charge in [0.2, 0.25) is 6.79 Å². The van der Waals surface area contributed by atoms with Crippen molar-refractivity contribution in [2.45, 2.75) is 45.2 Å². The van der Waals surface area contributed by atoms with Crippen LogP contribution in [0, 0.1) is 17.2 Å². The van der Waals surface area contributed by atoms with Crippen LogP contribution in [0.5, 0.6) is 11.5 Å². The Bertz CT molecular complexity index is 708. The molecule has 1 aliphatic carbocycles. The van der Waals surface area contributed by atoms with E-state index in [4.69, 9.17) is 9.47 Å². The van der Waals surface area contributed by atoms with Gasteiger partial charge in [0.15, 0.2) is 11.5 Å². The Labute approximate surface area is 147 Å². The van der Waals surface area contributed by atoms with Crippen LogP contribution in [-0.4, -0.2) is 18.7 Å². The molecule has 6 nitrogen and oxygen atoms in total. The number of carbonyl (C=O) groups excluding carboxylic acids is 1. The molecule has 1 aromatic carbocycles. The third kappa shape index (κ3) is 4.24. The molecule has 1 aromatic rings. The molecule has 1 fully saturated rings. The first-order chi connectivity index (χ1) is 12.2.